The van der Waals surface area contributed by atoms with Gasteiger partial charge >= 0.3 is 5.97 Å². The van der Waals surface area contributed by atoms with Gasteiger partial charge < -0.3 is 30.0 Å². The van der Waals surface area contributed by atoms with Gasteiger partial charge in [-0.1, -0.05) is 12.1 Å². The van der Waals surface area contributed by atoms with E-state index in [1.165, 1.54) is 21.3 Å². The number of hydrogen-bond donors (Lipinski definition) is 2. The second kappa shape index (κ2) is 11.0. The summed E-state index contributed by atoms with van der Waals surface area (Å²) in [4.78, 5) is 36.1. The predicted octanol–water partition coefficient (Wildman–Crippen LogP) is 2.09. The van der Waals surface area contributed by atoms with Crippen molar-refractivity contribution in [2.45, 2.75) is 4.90 Å². The van der Waals surface area contributed by atoms with Crippen molar-refractivity contribution < 1.29 is 33.3 Å². The van der Waals surface area contributed by atoms with Crippen LogP contribution in [0.4, 0.5) is 5.69 Å². The van der Waals surface area contributed by atoms with E-state index >= 15 is 0 Å². The first-order chi connectivity index (χ1) is 14.4. The van der Waals surface area contributed by atoms with Gasteiger partial charge in [-0.2, -0.15) is 0 Å². The van der Waals surface area contributed by atoms with Crippen LogP contribution in [-0.4, -0.2) is 51.5 Å². The summed E-state index contributed by atoms with van der Waals surface area (Å²) in [5.41, 5.74) is 5.76. The maximum absolute atomic E-state index is 12.4. The van der Waals surface area contributed by atoms with Crippen molar-refractivity contribution >= 4 is 35.2 Å². The monoisotopic (exact) mass is 434 g/mol. The molecule has 0 aliphatic rings. The molecular weight excluding hydrogens is 412 g/mol. The van der Waals surface area contributed by atoms with Gasteiger partial charge in [0.25, 0.3) is 5.91 Å². The molecule has 2 aromatic rings. The fourth-order valence-corrected chi connectivity index (χ4v) is 3.25. The minimum atomic E-state index is -0.692. The van der Waals surface area contributed by atoms with E-state index in [1.54, 1.807) is 36.4 Å². The van der Waals surface area contributed by atoms with Crippen LogP contribution in [0, 0.1) is 0 Å². The van der Waals surface area contributed by atoms with Crippen molar-refractivity contribution in [3.63, 3.8) is 0 Å². The average molecular weight is 434 g/mol. The molecule has 0 atom stereocenters. The largest absolute Gasteiger partial charge is 0.493 e. The first-order valence-corrected chi connectivity index (χ1v) is 9.65. The molecule has 0 saturated carbocycles. The number of benzene rings is 2. The number of nitrogens with two attached hydrogens (primary N) is 1. The summed E-state index contributed by atoms with van der Waals surface area (Å²) in [5, 5.41) is 2.61. The van der Waals surface area contributed by atoms with Crippen molar-refractivity contribution in [2.24, 2.45) is 5.73 Å². The Labute approximate surface area is 177 Å². The molecule has 9 nitrogen and oxygen atoms in total. The van der Waals surface area contributed by atoms with Crippen LogP contribution >= 0.6 is 11.8 Å². The lowest BCUT2D eigenvalue weighted by atomic mass is 10.2. The lowest BCUT2D eigenvalue weighted by molar-refractivity contribution is -0.119. The molecule has 0 fully saturated rings. The molecule has 0 aromatic heterocycles. The van der Waals surface area contributed by atoms with Crippen LogP contribution in [0.5, 0.6) is 17.2 Å². The fourth-order valence-electron chi connectivity index (χ4n) is 2.47. The maximum Gasteiger partial charge on any atom is 0.339 e. The third-order valence-corrected chi connectivity index (χ3v) is 4.86. The van der Waals surface area contributed by atoms with Crippen molar-refractivity contribution in [3.05, 3.63) is 42.0 Å². The van der Waals surface area contributed by atoms with Crippen molar-refractivity contribution in [2.75, 3.05) is 39.0 Å². The number of amides is 2. The smallest absolute Gasteiger partial charge is 0.339 e. The zero-order valence-electron chi connectivity index (χ0n) is 16.7. The lowest BCUT2D eigenvalue weighted by Crippen LogP contribution is -2.21. The molecule has 0 heterocycles. The highest BCUT2D eigenvalue weighted by molar-refractivity contribution is 8.00. The van der Waals surface area contributed by atoms with Crippen LogP contribution in [0.1, 0.15) is 10.4 Å². The second-order valence-corrected chi connectivity index (χ2v) is 6.81. The van der Waals surface area contributed by atoms with Gasteiger partial charge in [-0.3, -0.25) is 9.59 Å². The number of carbonyl (C=O) groups excluding carboxylic acids is 3. The lowest BCUT2D eigenvalue weighted by Gasteiger charge is -2.14. The van der Waals surface area contributed by atoms with Gasteiger partial charge in [0, 0.05) is 22.7 Å². The second-order valence-electron chi connectivity index (χ2n) is 5.79. The Kier molecular flexibility index (Phi) is 8.36. The molecule has 3 N–H and O–H groups in total. The van der Waals surface area contributed by atoms with Crippen molar-refractivity contribution in [1.82, 2.24) is 0 Å². The van der Waals surface area contributed by atoms with Crippen molar-refractivity contribution in [3.8, 4) is 17.2 Å². The van der Waals surface area contributed by atoms with Crippen LogP contribution in [0.15, 0.2) is 41.3 Å². The van der Waals surface area contributed by atoms with Crippen LogP contribution in [-0.2, 0) is 14.3 Å². The normalized spacial score (nSPS) is 10.1. The van der Waals surface area contributed by atoms with Crippen LogP contribution < -0.4 is 25.3 Å². The summed E-state index contributed by atoms with van der Waals surface area (Å²) in [5.74, 6) is -0.620. The quantitative estimate of drug-likeness (QED) is 0.430. The molecule has 0 unspecified atom stereocenters. The van der Waals surface area contributed by atoms with E-state index in [2.05, 4.69) is 5.32 Å². The standard InChI is InChI=1S/C20H22N2O7S/c1-26-14-8-12(9-15(27-2)19(14)28-3)22-18(24)10-29-20(25)13-6-4-5-7-16(13)30-11-17(21)23/h4-9H,10-11H2,1-3H3,(H2,21,23)(H,22,24). The Morgan fingerprint density at radius 1 is 1.00 bits per heavy atom. The van der Waals surface area contributed by atoms with Gasteiger partial charge in [-0.05, 0) is 12.1 Å². The number of primary amides is 1. The first kappa shape index (κ1) is 22.9. The van der Waals surface area contributed by atoms with Gasteiger partial charge in [-0.15, -0.1) is 11.8 Å². The Bertz CT molecular complexity index is 908. The Balaban J connectivity index is 2.03. The number of methoxy groups -OCH3 is 3. The summed E-state index contributed by atoms with van der Waals surface area (Å²) < 4.78 is 20.8. The van der Waals surface area contributed by atoms with E-state index in [1.807, 2.05) is 0 Å². The molecule has 0 aliphatic heterocycles. The summed E-state index contributed by atoms with van der Waals surface area (Å²) >= 11 is 1.12. The number of thioether (sulfide) groups is 1. The molecule has 2 aromatic carbocycles. The van der Waals surface area contributed by atoms with Gasteiger partial charge in [-0.25, -0.2) is 4.79 Å². The summed E-state index contributed by atoms with van der Waals surface area (Å²) in [6, 6.07) is 9.69. The van der Waals surface area contributed by atoms with E-state index in [0.29, 0.717) is 27.8 Å². The molecule has 0 bridgehead atoms. The number of ether oxygens (including phenoxy) is 4. The van der Waals surface area contributed by atoms with Crippen molar-refractivity contribution in [1.29, 1.82) is 0 Å². The van der Waals surface area contributed by atoms with E-state index < -0.39 is 24.4 Å². The van der Waals surface area contributed by atoms with E-state index in [0.717, 1.165) is 11.8 Å². The third kappa shape index (κ3) is 6.05. The molecule has 0 saturated heterocycles. The minimum absolute atomic E-state index is 0.0198. The van der Waals surface area contributed by atoms with E-state index in [9.17, 15) is 14.4 Å². The molecule has 0 spiro atoms. The third-order valence-electron chi connectivity index (χ3n) is 3.76. The van der Waals surface area contributed by atoms with E-state index in [-0.39, 0.29) is 11.3 Å². The highest BCUT2D eigenvalue weighted by Gasteiger charge is 2.17. The molecule has 2 rings (SSSR count). The van der Waals surface area contributed by atoms with Gasteiger partial charge in [0.15, 0.2) is 18.1 Å². The summed E-state index contributed by atoms with van der Waals surface area (Å²) in [6.07, 6.45) is 0. The van der Waals surface area contributed by atoms with Gasteiger partial charge in [0.05, 0.1) is 32.6 Å². The Hall–Kier alpha value is -3.40. The number of rotatable bonds is 10. The number of esters is 1. The number of nitrogens with one attached hydrogen (secondary N) is 1. The number of anilines is 1. The predicted molar refractivity (Wildman–Crippen MR) is 111 cm³/mol. The molecule has 10 heteroatoms. The SMILES string of the molecule is COc1cc(NC(=O)COC(=O)c2ccccc2SCC(N)=O)cc(OC)c1OC. The van der Waals surface area contributed by atoms with Gasteiger partial charge in [0.2, 0.25) is 11.7 Å². The highest BCUT2D eigenvalue weighted by Crippen LogP contribution is 2.39. The molecule has 2 amide bonds. The molecule has 0 radical (unpaired) electrons. The molecule has 160 valence electrons. The molecular formula is C20H22N2O7S. The zero-order chi connectivity index (χ0) is 22.1. The van der Waals surface area contributed by atoms with Gasteiger partial charge in [0.1, 0.15) is 0 Å². The Morgan fingerprint density at radius 2 is 1.63 bits per heavy atom. The number of carbonyl (C=O) groups is 3. The number of hydrogen-bond acceptors (Lipinski definition) is 8. The summed E-state index contributed by atoms with van der Waals surface area (Å²) in [7, 11) is 4.38. The highest BCUT2D eigenvalue weighted by atomic mass is 32.2. The summed E-state index contributed by atoms with van der Waals surface area (Å²) in [6.45, 7) is -0.510. The topological polar surface area (TPSA) is 126 Å². The minimum Gasteiger partial charge on any atom is -0.493 e. The fraction of sp³-hybridized carbons (Fsp3) is 0.250. The molecule has 30 heavy (non-hydrogen) atoms. The zero-order valence-corrected chi connectivity index (χ0v) is 17.5. The molecule has 0 aliphatic carbocycles. The van der Waals surface area contributed by atoms with E-state index in [4.69, 9.17) is 24.7 Å². The van der Waals surface area contributed by atoms with Crippen LogP contribution in [0.25, 0.3) is 0 Å². The van der Waals surface area contributed by atoms with Crippen LogP contribution in [0.2, 0.25) is 0 Å². The first-order valence-electron chi connectivity index (χ1n) is 8.66. The average Bonchev–Trinajstić information content (AvgIpc) is 2.75. The maximum atomic E-state index is 12.4. The van der Waals surface area contributed by atoms with Crippen LogP contribution in [0.3, 0.4) is 0 Å². The Morgan fingerprint density at radius 3 is 2.20 bits per heavy atom.